The molecule has 0 atom stereocenters. The average Bonchev–Trinajstić information content (AvgIpc) is 2.67. The molecule has 2 N–H and O–H groups in total. The summed E-state index contributed by atoms with van der Waals surface area (Å²) >= 11 is 3.82. The Morgan fingerprint density at radius 2 is 2.16 bits per heavy atom. The summed E-state index contributed by atoms with van der Waals surface area (Å²) in [5.74, 6) is 1.17. The van der Waals surface area contributed by atoms with Gasteiger partial charge in [-0.2, -0.15) is 11.8 Å². The number of aromatic nitrogens is 1. The largest absolute Gasteiger partial charge is 0.399 e. The predicted octanol–water partition coefficient (Wildman–Crippen LogP) is 3.60. The molecule has 3 rings (SSSR count). The van der Waals surface area contributed by atoms with E-state index in [0.29, 0.717) is 4.75 Å². The van der Waals surface area contributed by atoms with E-state index in [9.17, 15) is 0 Å². The van der Waals surface area contributed by atoms with Crippen LogP contribution in [0.2, 0.25) is 0 Å². The maximum atomic E-state index is 5.83. The van der Waals surface area contributed by atoms with Crippen molar-refractivity contribution in [3.05, 3.63) is 18.2 Å². The summed E-state index contributed by atoms with van der Waals surface area (Å²) in [5.41, 5.74) is 7.71. The van der Waals surface area contributed by atoms with Crippen LogP contribution in [0, 0.1) is 0 Å². The summed E-state index contributed by atoms with van der Waals surface area (Å²) in [6.07, 6.45) is 1.20. The van der Waals surface area contributed by atoms with Gasteiger partial charge in [-0.1, -0.05) is 25.2 Å². The minimum absolute atomic E-state index is 0.385. The first kappa shape index (κ1) is 13.1. The van der Waals surface area contributed by atoms with Crippen molar-refractivity contribution in [3.63, 3.8) is 0 Å². The minimum atomic E-state index is 0.385. The monoisotopic (exact) mass is 293 g/mol. The van der Waals surface area contributed by atoms with E-state index in [1.54, 1.807) is 11.3 Å². The molecule has 0 saturated carbocycles. The molecular weight excluding hydrogens is 274 g/mol. The van der Waals surface area contributed by atoms with Crippen molar-refractivity contribution in [2.24, 2.45) is 0 Å². The SMILES string of the molecule is CC1(C)CCN(c2nc3ccc(N)cc3s2)CCS1. The smallest absolute Gasteiger partial charge is 0.186 e. The molecule has 1 fully saturated rings. The topological polar surface area (TPSA) is 42.2 Å². The van der Waals surface area contributed by atoms with Crippen LogP contribution >= 0.6 is 23.1 Å². The Balaban J connectivity index is 1.87. The molecule has 1 aromatic heterocycles. The first-order valence-electron chi connectivity index (χ1n) is 6.58. The van der Waals surface area contributed by atoms with Crippen LogP contribution in [0.4, 0.5) is 10.8 Å². The zero-order chi connectivity index (χ0) is 13.5. The second kappa shape index (κ2) is 4.87. The molecule has 0 radical (unpaired) electrons. The minimum Gasteiger partial charge on any atom is -0.399 e. The molecule has 2 aromatic rings. The number of hydrogen-bond acceptors (Lipinski definition) is 5. The molecule has 0 unspecified atom stereocenters. The lowest BCUT2D eigenvalue weighted by molar-refractivity contribution is 0.637. The van der Waals surface area contributed by atoms with Gasteiger partial charge in [0.25, 0.3) is 0 Å². The summed E-state index contributed by atoms with van der Waals surface area (Å²) in [7, 11) is 0. The molecule has 0 spiro atoms. The number of rotatable bonds is 1. The fourth-order valence-corrected chi connectivity index (χ4v) is 4.44. The number of hydrogen-bond donors (Lipinski definition) is 1. The Kier molecular flexibility index (Phi) is 3.35. The number of nitrogen functional groups attached to an aromatic ring is 1. The molecule has 0 amide bonds. The number of thioether (sulfide) groups is 1. The number of nitrogens with two attached hydrogens (primary N) is 1. The second-order valence-electron chi connectivity index (χ2n) is 5.57. The van der Waals surface area contributed by atoms with Crippen LogP contribution < -0.4 is 10.6 Å². The van der Waals surface area contributed by atoms with Crippen molar-refractivity contribution >= 4 is 44.1 Å². The molecular formula is C14H19N3S2. The molecule has 1 aliphatic heterocycles. The third kappa shape index (κ3) is 2.82. The van der Waals surface area contributed by atoms with Crippen molar-refractivity contribution < 1.29 is 0 Å². The molecule has 2 heterocycles. The second-order valence-corrected chi connectivity index (χ2v) is 8.38. The van der Waals surface area contributed by atoms with Crippen LogP contribution in [0.25, 0.3) is 10.2 Å². The van der Waals surface area contributed by atoms with E-state index >= 15 is 0 Å². The molecule has 19 heavy (non-hydrogen) atoms. The fraction of sp³-hybridized carbons (Fsp3) is 0.500. The zero-order valence-corrected chi connectivity index (χ0v) is 13.0. The number of anilines is 2. The van der Waals surface area contributed by atoms with Crippen molar-refractivity contribution in [1.29, 1.82) is 0 Å². The summed E-state index contributed by atoms with van der Waals surface area (Å²) in [6.45, 7) is 6.85. The molecule has 1 aromatic carbocycles. The van der Waals surface area contributed by atoms with Crippen LogP contribution in [0.5, 0.6) is 0 Å². The van der Waals surface area contributed by atoms with E-state index in [1.165, 1.54) is 16.9 Å². The lowest BCUT2D eigenvalue weighted by Gasteiger charge is -2.22. The number of benzene rings is 1. The van der Waals surface area contributed by atoms with Crippen LogP contribution in [-0.2, 0) is 0 Å². The Hall–Kier alpha value is -0.940. The maximum Gasteiger partial charge on any atom is 0.186 e. The van der Waals surface area contributed by atoms with Gasteiger partial charge in [0.2, 0.25) is 0 Å². The standard InChI is InChI=1S/C14H19N3S2/c1-14(2)5-6-17(7-8-18-14)13-16-11-4-3-10(15)9-12(11)19-13/h3-4,9H,5-8,15H2,1-2H3. The van der Waals surface area contributed by atoms with E-state index in [-0.39, 0.29) is 0 Å². The number of thiazole rings is 1. The van der Waals surface area contributed by atoms with Gasteiger partial charge < -0.3 is 10.6 Å². The Morgan fingerprint density at radius 1 is 1.32 bits per heavy atom. The van der Waals surface area contributed by atoms with Gasteiger partial charge in [-0.05, 0) is 24.6 Å². The lowest BCUT2D eigenvalue weighted by atomic mass is 10.1. The molecule has 1 saturated heterocycles. The molecule has 5 heteroatoms. The molecule has 1 aliphatic rings. The third-order valence-corrected chi connectivity index (χ3v) is 5.96. The van der Waals surface area contributed by atoms with E-state index in [2.05, 4.69) is 30.5 Å². The van der Waals surface area contributed by atoms with Crippen LogP contribution in [0.3, 0.4) is 0 Å². The highest BCUT2D eigenvalue weighted by atomic mass is 32.2. The number of nitrogens with zero attached hydrogens (tertiary/aromatic N) is 2. The molecule has 102 valence electrons. The van der Waals surface area contributed by atoms with Crippen molar-refractivity contribution in [1.82, 2.24) is 4.98 Å². The quantitative estimate of drug-likeness (QED) is 0.816. The zero-order valence-electron chi connectivity index (χ0n) is 11.3. The van der Waals surface area contributed by atoms with Gasteiger partial charge in [0.15, 0.2) is 5.13 Å². The Bertz CT molecular complexity index is 591. The Labute approximate surface area is 122 Å². The van der Waals surface area contributed by atoms with E-state index in [4.69, 9.17) is 10.7 Å². The van der Waals surface area contributed by atoms with Crippen molar-refractivity contribution in [2.75, 3.05) is 29.5 Å². The first-order valence-corrected chi connectivity index (χ1v) is 8.39. The van der Waals surface area contributed by atoms with E-state index < -0.39 is 0 Å². The van der Waals surface area contributed by atoms with Crippen LogP contribution in [-0.4, -0.2) is 28.6 Å². The lowest BCUT2D eigenvalue weighted by Crippen LogP contribution is -2.26. The summed E-state index contributed by atoms with van der Waals surface area (Å²) < 4.78 is 1.57. The normalized spacial score (nSPS) is 19.6. The highest BCUT2D eigenvalue weighted by Crippen LogP contribution is 2.35. The van der Waals surface area contributed by atoms with Crippen molar-refractivity contribution in [3.8, 4) is 0 Å². The van der Waals surface area contributed by atoms with Gasteiger partial charge in [-0.3, -0.25) is 0 Å². The van der Waals surface area contributed by atoms with Gasteiger partial charge in [-0.15, -0.1) is 0 Å². The molecule has 0 bridgehead atoms. The number of fused-ring (bicyclic) bond motifs is 1. The highest BCUT2D eigenvalue weighted by molar-refractivity contribution is 8.00. The van der Waals surface area contributed by atoms with Gasteiger partial charge in [0, 0.05) is 29.3 Å². The third-order valence-electron chi connectivity index (χ3n) is 3.51. The summed E-state index contributed by atoms with van der Waals surface area (Å²) in [5, 5.41) is 1.14. The average molecular weight is 293 g/mol. The Morgan fingerprint density at radius 3 is 3.00 bits per heavy atom. The fourth-order valence-electron chi connectivity index (χ4n) is 2.28. The first-order chi connectivity index (χ1) is 9.03. The summed E-state index contributed by atoms with van der Waals surface area (Å²) in [6, 6.07) is 5.96. The van der Waals surface area contributed by atoms with Crippen molar-refractivity contribution in [2.45, 2.75) is 25.0 Å². The van der Waals surface area contributed by atoms with Gasteiger partial charge in [-0.25, -0.2) is 4.98 Å². The van der Waals surface area contributed by atoms with Crippen LogP contribution in [0.15, 0.2) is 18.2 Å². The molecule has 3 nitrogen and oxygen atoms in total. The predicted molar refractivity (Wildman–Crippen MR) is 87.4 cm³/mol. The van der Waals surface area contributed by atoms with E-state index in [1.807, 2.05) is 18.2 Å². The van der Waals surface area contributed by atoms with Crippen LogP contribution in [0.1, 0.15) is 20.3 Å². The maximum absolute atomic E-state index is 5.83. The van der Waals surface area contributed by atoms with Gasteiger partial charge in [0.1, 0.15) is 0 Å². The highest BCUT2D eigenvalue weighted by Gasteiger charge is 2.24. The van der Waals surface area contributed by atoms with Gasteiger partial charge in [0.05, 0.1) is 10.2 Å². The molecule has 0 aliphatic carbocycles. The van der Waals surface area contributed by atoms with E-state index in [0.717, 1.165) is 29.4 Å². The summed E-state index contributed by atoms with van der Waals surface area (Å²) in [4.78, 5) is 7.17. The van der Waals surface area contributed by atoms with Gasteiger partial charge >= 0.3 is 0 Å².